The van der Waals surface area contributed by atoms with Crippen molar-refractivity contribution >= 4 is 27.5 Å². The highest BCUT2D eigenvalue weighted by molar-refractivity contribution is 7.99. The van der Waals surface area contributed by atoms with E-state index in [1.165, 1.54) is 11.0 Å². The monoisotopic (exact) mass is 322 g/mol. The van der Waals surface area contributed by atoms with Gasteiger partial charge in [0.05, 0.1) is 4.90 Å². The van der Waals surface area contributed by atoms with Crippen molar-refractivity contribution in [3.05, 3.63) is 54.1 Å². The summed E-state index contributed by atoms with van der Waals surface area (Å²) in [5.41, 5.74) is 1.88. The van der Waals surface area contributed by atoms with E-state index < -0.39 is 10.0 Å². The molecule has 4 nitrogen and oxygen atoms in total. The summed E-state index contributed by atoms with van der Waals surface area (Å²) in [6.45, 7) is 2.75. The van der Waals surface area contributed by atoms with Gasteiger partial charge < -0.3 is 5.32 Å². The Hall–Kier alpha value is -1.50. The largest absolute Gasteiger partial charge is 0.381 e. The topological polar surface area (TPSA) is 72.2 Å². The van der Waals surface area contributed by atoms with E-state index in [1.807, 2.05) is 18.2 Å². The van der Waals surface area contributed by atoms with Gasteiger partial charge in [-0.05, 0) is 41.6 Å². The molecule has 112 valence electrons. The third-order valence-corrected chi connectivity index (χ3v) is 4.66. The predicted octanol–water partition coefficient (Wildman–Crippen LogP) is 3.06. The van der Waals surface area contributed by atoms with E-state index >= 15 is 0 Å². The molecule has 2 aromatic carbocycles. The first-order valence-corrected chi connectivity index (χ1v) is 9.10. The van der Waals surface area contributed by atoms with Crippen molar-refractivity contribution in [2.45, 2.75) is 23.3 Å². The second-order valence-corrected chi connectivity index (χ2v) is 7.41. The molecule has 0 heterocycles. The van der Waals surface area contributed by atoms with Crippen molar-refractivity contribution in [3.63, 3.8) is 0 Å². The Morgan fingerprint density at radius 1 is 1.14 bits per heavy atom. The number of benzene rings is 2. The van der Waals surface area contributed by atoms with Gasteiger partial charge in [0.15, 0.2) is 0 Å². The average molecular weight is 322 g/mol. The summed E-state index contributed by atoms with van der Waals surface area (Å²) < 4.78 is 22.6. The fourth-order valence-corrected chi connectivity index (χ4v) is 3.20. The fraction of sp³-hybridized carbons (Fsp3) is 0.200. The predicted molar refractivity (Wildman–Crippen MR) is 88.0 cm³/mol. The van der Waals surface area contributed by atoms with Crippen LogP contribution in [0.2, 0.25) is 0 Å². The summed E-state index contributed by atoms with van der Waals surface area (Å²) in [4.78, 5) is 1.35. The highest BCUT2D eigenvalue weighted by atomic mass is 32.2. The quantitative estimate of drug-likeness (QED) is 0.802. The fourth-order valence-electron chi connectivity index (χ4n) is 1.90. The van der Waals surface area contributed by atoms with Crippen LogP contribution < -0.4 is 10.5 Å². The average Bonchev–Trinajstić information content (AvgIpc) is 2.45. The van der Waals surface area contributed by atoms with Crippen molar-refractivity contribution in [1.82, 2.24) is 0 Å². The summed E-state index contributed by atoms with van der Waals surface area (Å²) in [7, 11) is -3.67. The van der Waals surface area contributed by atoms with E-state index in [2.05, 4.69) is 24.4 Å². The highest BCUT2D eigenvalue weighted by Gasteiger charge is 2.07. The number of primary sulfonamides is 1. The van der Waals surface area contributed by atoms with E-state index in [1.54, 1.807) is 23.9 Å². The smallest absolute Gasteiger partial charge is 0.238 e. The van der Waals surface area contributed by atoms with Crippen LogP contribution in [0.1, 0.15) is 12.5 Å². The molecule has 0 atom stereocenters. The highest BCUT2D eigenvalue weighted by Crippen LogP contribution is 2.20. The second kappa shape index (κ2) is 6.98. The number of hydrogen-bond donors (Lipinski definition) is 2. The van der Waals surface area contributed by atoms with Crippen LogP contribution in [0.25, 0.3) is 0 Å². The third kappa shape index (κ3) is 4.77. The minimum Gasteiger partial charge on any atom is -0.381 e. The summed E-state index contributed by atoms with van der Waals surface area (Å²) in [5, 5.41) is 8.34. The molecule has 0 aliphatic carbocycles. The van der Waals surface area contributed by atoms with E-state index in [4.69, 9.17) is 5.14 Å². The first kappa shape index (κ1) is 15.9. The molecule has 0 fully saturated rings. The standard InChI is InChI=1S/C15H18N2O2S2/c1-2-20-14-7-3-5-12(9-14)11-17-13-6-4-8-15(10-13)21(16,18)19/h3-10,17H,2,11H2,1H3,(H2,16,18,19). The van der Waals surface area contributed by atoms with Crippen LogP contribution in [-0.4, -0.2) is 14.2 Å². The Morgan fingerprint density at radius 2 is 1.90 bits per heavy atom. The number of thioether (sulfide) groups is 1. The molecule has 0 amide bonds. The van der Waals surface area contributed by atoms with Crippen molar-refractivity contribution < 1.29 is 8.42 Å². The van der Waals surface area contributed by atoms with Gasteiger partial charge in [-0.3, -0.25) is 0 Å². The van der Waals surface area contributed by atoms with E-state index in [9.17, 15) is 8.42 Å². The van der Waals surface area contributed by atoms with E-state index in [-0.39, 0.29) is 4.90 Å². The normalized spacial score (nSPS) is 11.3. The maximum absolute atomic E-state index is 11.3. The molecule has 0 radical (unpaired) electrons. The van der Waals surface area contributed by atoms with Gasteiger partial charge in [0.25, 0.3) is 0 Å². The molecule has 0 saturated heterocycles. The summed E-state index contributed by atoms with van der Waals surface area (Å²) >= 11 is 1.79. The van der Waals surface area contributed by atoms with Gasteiger partial charge >= 0.3 is 0 Å². The molecule has 0 aromatic heterocycles. The van der Waals surface area contributed by atoms with Gasteiger partial charge in [-0.25, -0.2) is 13.6 Å². The lowest BCUT2D eigenvalue weighted by Crippen LogP contribution is -2.12. The molecule has 0 unspecified atom stereocenters. The minimum atomic E-state index is -3.67. The minimum absolute atomic E-state index is 0.114. The van der Waals surface area contributed by atoms with Crippen molar-refractivity contribution in [2.24, 2.45) is 5.14 Å². The van der Waals surface area contributed by atoms with Gasteiger partial charge in [0.1, 0.15) is 0 Å². The summed E-state index contributed by atoms with van der Waals surface area (Å²) in [6, 6.07) is 14.8. The van der Waals surface area contributed by atoms with E-state index in [0.29, 0.717) is 6.54 Å². The van der Waals surface area contributed by atoms with Crippen LogP contribution >= 0.6 is 11.8 Å². The second-order valence-electron chi connectivity index (χ2n) is 4.51. The molecule has 0 aliphatic heterocycles. The van der Waals surface area contributed by atoms with Crippen LogP contribution in [0, 0.1) is 0 Å². The molecule has 2 rings (SSSR count). The number of rotatable bonds is 6. The van der Waals surface area contributed by atoms with Crippen molar-refractivity contribution in [1.29, 1.82) is 0 Å². The number of hydrogen-bond acceptors (Lipinski definition) is 4. The van der Waals surface area contributed by atoms with Gasteiger partial charge in [0.2, 0.25) is 10.0 Å². The molecule has 0 spiro atoms. The van der Waals surface area contributed by atoms with Crippen LogP contribution in [-0.2, 0) is 16.6 Å². The molecule has 0 saturated carbocycles. The molecule has 3 N–H and O–H groups in total. The molecule has 0 aliphatic rings. The number of nitrogens with two attached hydrogens (primary N) is 1. The van der Waals surface area contributed by atoms with Crippen LogP contribution in [0.4, 0.5) is 5.69 Å². The Labute approximate surface area is 129 Å². The lowest BCUT2D eigenvalue weighted by atomic mass is 10.2. The van der Waals surface area contributed by atoms with Crippen LogP contribution in [0.5, 0.6) is 0 Å². The molecule has 6 heteroatoms. The molecule has 2 aromatic rings. The van der Waals surface area contributed by atoms with E-state index in [0.717, 1.165) is 17.0 Å². The number of anilines is 1. The zero-order chi connectivity index (χ0) is 15.3. The zero-order valence-corrected chi connectivity index (χ0v) is 13.4. The van der Waals surface area contributed by atoms with Gasteiger partial charge in [-0.1, -0.05) is 25.1 Å². The van der Waals surface area contributed by atoms with Crippen molar-refractivity contribution in [3.8, 4) is 0 Å². The van der Waals surface area contributed by atoms with Gasteiger partial charge in [0, 0.05) is 17.1 Å². The Bertz CT molecular complexity index is 715. The SMILES string of the molecule is CCSc1cccc(CNc2cccc(S(N)(=O)=O)c2)c1. The zero-order valence-electron chi connectivity index (χ0n) is 11.7. The number of sulfonamides is 1. The van der Waals surface area contributed by atoms with Crippen LogP contribution in [0.15, 0.2) is 58.3 Å². The summed E-state index contributed by atoms with van der Waals surface area (Å²) in [6.07, 6.45) is 0. The first-order valence-electron chi connectivity index (χ1n) is 6.57. The third-order valence-electron chi connectivity index (χ3n) is 2.87. The Balaban J connectivity index is 2.08. The molecule has 21 heavy (non-hydrogen) atoms. The maximum Gasteiger partial charge on any atom is 0.238 e. The number of nitrogens with one attached hydrogen (secondary N) is 1. The summed E-state index contributed by atoms with van der Waals surface area (Å²) in [5.74, 6) is 1.04. The molecular weight excluding hydrogens is 304 g/mol. The molecule has 0 bridgehead atoms. The maximum atomic E-state index is 11.3. The lowest BCUT2D eigenvalue weighted by molar-refractivity contribution is 0.598. The van der Waals surface area contributed by atoms with Gasteiger partial charge in [-0.15, -0.1) is 11.8 Å². The van der Waals surface area contributed by atoms with Gasteiger partial charge in [-0.2, -0.15) is 0 Å². The Morgan fingerprint density at radius 3 is 2.62 bits per heavy atom. The van der Waals surface area contributed by atoms with Crippen molar-refractivity contribution in [2.75, 3.05) is 11.1 Å². The lowest BCUT2D eigenvalue weighted by Gasteiger charge is -2.09. The Kier molecular flexibility index (Phi) is 5.27. The first-order chi connectivity index (χ1) is 9.99. The molecular formula is C15H18N2O2S2. The van der Waals surface area contributed by atoms with Crippen LogP contribution in [0.3, 0.4) is 0 Å².